The molecule has 3 N–H and O–H groups in total. The number of aromatic hydroxyl groups is 2. The third-order valence-corrected chi connectivity index (χ3v) is 3.53. The second kappa shape index (κ2) is 5.81. The Bertz CT molecular complexity index is 817. The number of imidazole rings is 1. The first-order valence-corrected chi connectivity index (χ1v) is 6.96. The Morgan fingerprint density at radius 1 is 0.909 bits per heavy atom. The first kappa shape index (κ1) is 14.0. The fraction of sp³-hybridized carbons (Fsp3) is 0.118. The summed E-state index contributed by atoms with van der Waals surface area (Å²) in [4.78, 5) is 14.7. The predicted molar refractivity (Wildman–Crippen MR) is 83.2 cm³/mol. The topological polar surface area (TPSA) is 78.2 Å². The van der Waals surface area contributed by atoms with Crippen LogP contribution in [0.2, 0.25) is 0 Å². The Labute approximate surface area is 127 Å². The highest BCUT2D eigenvalue weighted by molar-refractivity contribution is 5.32. The molecule has 0 spiro atoms. The van der Waals surface area contributed by atoms with Gasteiger partial charge in [-0.15, -0.1) is 0 Å². The van der Waals surface area contributed by atoms with Gasteiger partial charge in [0, 0.05) is 6.42 Å². The lowest BCUT2D eigenvalue weighted by Crippen LogP contribution is -2.17. The molecule has 0 aliphatic heterocycles. The van der Waals surface area contributed by atoms with Gasteiger partial charge in [-0.2, -0.15) is 0 Å². The van der Waals surface area contributed by atoms with Crippen molar-refractivity contribution in [3.05, 3.63) is 81.9 Å². The lowest BCUT2D eigenvalue weighted by Gasteiger charge is -2.04. The van der Waals surface area contributed by atoms with E-state index in [1.807, 2.05) is 30.3 Å². The van der Waals surface area contributed by atoms with Gasteiger partial charge in [0.2, 0.25) is 5.88 Å². The summed E-state index contributed by atoms with van der Waals surface area (Å²) in [7, 11) is 0. The number of H-pyrrole nitrogens is 1. The molecule has 22 heavy (non-hydrogen) atoms. The van der Waals surface area contributed by atoms with E-state index in [1.54, 1.807) is 24.3 Å². The van der Waals surface area contributed by atoms with Crippen molar-refractivity contribution < 1.29 is 10.2 Å². The van der Waals surface area contributed by atoms with Crippen LogP contribution in [0.5, 0.6) is 11.6 Å². The van der Waals surface area contributed by atoms with Crippen LogP contribution < -0.4 is 5.69 Å². The van der Waals surface area contributed by atoms with Crippen molar-refractivity contribution in [3.8, 4) is 11.6 Å². The van der Waals surface area contributed by atoms with Crippen LogP contribution in [0.25, 0.3) is 0 Å². The molecule has 0 bridgehead atoms. The van der Waals surface area contributed by atoms with Gasteiger partial charge in [0.25, 0.3) is 0 Å². The molecule has 3 rings (SSSR count). The Morgan fingerprint density at radius 3 is 2.27 bits per heavy atom. The van der Waals surface area contributed by atoms with Gasteiger partial charge >= 0.3 is 5.69 Å². The molecule has 0 unspecified atom stereocenters. The van der Waals surface area contributed by atoms with E-state index in [0.29, 0.717) is 18.7 Å². The average molecular weight is 296 g/mol. The maximum atomic E-state index is 12.0. The van der Waals surface area contributed by atoms with E-state index in [0.717, 1.165) is 11.1 Å². The van der Waals surface area contributed by atoms with Crippen molar-refractivity contribution in [3.63, 3.8) is 0 Å². The van der Waals surface area contributed by atoms with E-state index in [-0.39, 0.29) is 17.3 Å². The van der Waals surface area contributed by atoms with Crippen LogP contribution in [-0.2, 0) is 13.0 Å². The normalized spacial score (nSPS) is 10.7. The van der Waals surface area contributed by atoms with Gasteiger partial charge < -0.3 is 15.2 Å². The number of benzene rings is 2. The van der Waals surface area contributed by atoms with Crippen LogP contribution in [0.15, 0.2) is 59.4 Å². The largest absolute Gasteiger partial charge is 0.508 e. The van der Waals surface area contributed by atoms with Gasteiger partial charge in [0.05, 0.1) is 12.2 Å². The van der Waals surface area contributed by atoms with Gasteiger partial charge in [-0.1, -0.05) is 42.5 Å². The third-order valence-electron chi connectivity index (χ3n) is 3.53. The molecule has 0 fully saturated rings. The standard InChI is InChI=1S/C17H16N2O3/c20-14-8-6-12(7-9-14)10-15-16(21)19(17(22)18-15)11-13-4-2-1-3-5-13/h1-9,20-21H,10-11H2,(H,18,22). The van der Waals surface area contributed by atoms with Crippen LogP contribution in [0.4, 0.5) is 0 Å². The van der Waals surface area contributed by atoms with E-state index in [1.165, 1.54) is 4.57 Å². The van der Waals surface area contributed by atoms with E-state index in [4.69, 9.17) is 0 Å². The SMILES string of the molecule is O=c1[nH]c(Cc2ccc(O)cc2)c(O)n1Cc1ccccc1. The first-order valence-electron chi connectivity index (χ1n) is 6.96. The summed E-state index contributed by atoms with van der Waals surface area (Å²) in [5.74, 6) is 0.130. The summed E-state index contributed by atoms with van der Waals surface area (Å²) in [6.45, 7) is 0.317. The molecule has 1 aromatic heterocycles. The summed E-state index contributed by atoms with van der Waals surface area (Å²) < 4.78 is 1.31. The number of aromatic nitrogens is 2. The highest BCUT2D eigenvalue weighted by Crippen LogP contribution is 2.19. The maximum absolute atomic E-state index is 12.0. The van der Waals surface area contributed by atoms with E-state index < -0.39 is 0 Å². The molecule has 0 aliphatic rings. The number of phenols is 1. The third kappa shape index (κ3) is 2.88. The van der Waals surface area contributed by atoms with Gasteiger partial charge in [0.1, 0.15) is 5.75 Å². The van der Waals surface area contributed by atoms with Crippen LogP contribution >= 0.6 is 0 Å². The average Bonchev–Trinajstić information content (AvgIpc) is 2.78. The van der Waals surface area contributed by atoms with Gasteiger partial charge in [-0.3, -0.25) is 4.57 Å². The van der Waals surface area contributed by atoms with Crippen LogP contribution in [0.3, 0.4) is 0 Å². The summed E-state index contributed by atoms with van der Waals surface area (Å²) in [5, 5.41) is 19.5. The van der Waals surface area contributed by atoms with Crippen molar-refractivity contribution in [2.75, 3.05) is 0 Å². The van der Waals surface area contributed by atoms with Crippen LogP contribution in [-0.4, -0.2) is 19.8 Å². The quantitative estimate of drug-likeness (QED) is 0.691. The summed E-state index contributed by atoms with van der Waals surface area (Å²) >= 11 is 0. The molecule has 0 aliphatic carbocycles. The van der Waals surface area contributed by atoms with Crippen molar-refractivity contribution >= 4 is 0 Å². The molecule has 0 saturated carbocycles. The monoisotopic (exact) mass is 296 g/mol. The minimum atomic E-state index is -0.338. The van der Waals surface area contributed by atoms with Gasteiger partial charge in [-0.25, -0.2) is 4.79 Å². The molecule has 0 amide bonds. The van der Waals surface area contributed by atoms with E-state index in [2.05, 4.69) is 4.98 Å². The maximum Gasteiger partial charge on any atom is 0.328 e. The second-order valence-electron chi connectivity index (χ2n) is 5.15. The van der Waals surface area contributed by atoms with Gasteiger partial charge in [-0.05, 0) is 23.3 Å². The number of nitrogens with zero attached hydrogens (tertiary/aromatic N) is 1. The fourth-order valence-electron chi connectivity index (χ4n) is 2.37. The molecule has 0 atom stereocenters. The molecule has 3 aromatic rings. The second-order valence-corrected chi connectivity index (χ2v) is 5.15. The molecule has 0 radical (unpaired) electrons. The number of aromatic amines is 1. The highest BCUT2D eigenvalue weighted by atomic mass is 16.3. The minimum absolute atomic E-state index is 0.0538. The number of rotatable bonds is 4. The molecular formula is C17H16N2O3. The summed E-state index contributed by atoms with van der Waals surface area (Å²) in [5.41, 5.74) is 1.96. The lowest BCUT2D eigenvalue weighted by molar-refractivity contribution is 0.417. The van der Waals surface area contributed by atoms with Crippen molar-refractivity contribution in [1.29, 1.82) is 0 Å². The Hall–Kier alpha value is -2.95. The molecule has 2 aromatic carbocycles. The fourth-order valence-corrected chi connectivity index (χ4v) is 2.37. The minimum Gasteiger partial charge on any atom is -0.508 e. The van der Waals surface area contributed by atoms with E-state index in [9.17, 15) is 15.0 Å². The molecule has 5 heteroatoms. The number of nitrogens with one attached hydrogen (secondary N) is 1. The molecule has 1 heterocycles. The predicted octanol–water partition coefficient (Wildman–Crippen LogP) is 2.23. The molecular weight excluding hydrogens is 280 g/mol. The molecule has 0 saturated heterocycles. The number of phenolic OH excluding ortho intramolecular Hbond substituents is 1. The zero-order valence-corrected chi connectivity index (χ0v) is 11.9. The highest BCUT2D eigenvalue weighted by Gasteiger charge is 2.13. The smallest absolute Gasteiger partial charge is 0.328 e. The van der Waals surface area contributed by atoms with E-state index >= 15 is 0 Å². The lowest BCUT2D eigenvalue weighted by atomic mass is 10.1. The zero-order valence-electron chi connectivity index (χ0n) is 11.9. The van der Waals surface area contributed by atoms with Crippen LogP contribution in [0, 0.1) is 0 Å². The van der Waals surface area contributed by atoms with Crippen molar-refractivity contribution in [2.45, 2.75) is 13.0 Å². The first-order chi connectivity index (χ1) is 10.6. The Morgan fingerprint density at radius 2 is 1.59 bits per heavy atom. The number of hydrogen-bond donors (Lipinski definition) is 3. The van der Waals surface area contributed by atoms with Crippen molar-refractivity contribution in [1.82, 2.24) is 9.55 Å². The zero-order chi connectivity index (χ0) is 15.5. The Balaban J connectivity index is 1.87. The molecule has 112 valence electrons. The summed E-state index contributed by atoms with van der Waals surface area (Å²) in [6.07, 6.45) is 0.392. The Kier molecular flexibility index (Phi) is 3.70. The van der Waals surface area contributed by atoms with Crippen molar-refractivity contribution in [2.24, 2.45) is 0 Å². The summed E-state index contributed by atoms with van der Waals surface area (Å²) in [6, 6.07) is 16.1. The van der Waals surface area contributed by atoms with Gasteiger partial charge in [0.15, 0.2) is 0 Å². The van der Waals surface area contributed by atoms with Crippen LogP contribution in [0.1, 0.15) is 16.8 Å². The number of hydrogen-bond acceptors (Lipinski definition) is 3. The molecule has 5 nitrogen and oxygen atoms in total.